The average Bonchev–Trinajstić information content (AvgIpc) is 2.19. The molecule has 0 saturated carbocycles. The maximum absolute atomic E-state index is 11.1. The number of hydrogen-bond acceptors (Lipinski definition) is 3. The van der Waals surface area contributed by atoms with Crippen LogP contribution in [0.2, 0.25) is 0 Å². The van der Waals surface area contributed by atoms with Crippen LogP contribution in [0, 0.1) is 0 Å². The van der Waals surface area contributed by atoms with E-state index in [1.54, 1.807) is 13.1 Å². The number of alkyl carbamates (subject to hydrolysis) is 1. The number of rotatable bonds is 3. The number of nitrogens with one attached hydrogen (secondary N) is 1. The summed E-state index contributed by atoms with van der Waals surface area (Å²) in [6.45, 7) is 4.00. The fourth-order valence-corrected chi connectivity index (χ4v) is 1.06. The summed E-state index contributed by atoms with van der Waals surface area (Å²) in [6.07, 6.45) is 1.28. The Bertz CT molecular complexity index is 287. The van der Waals surface area contributed by atoms with E-state index in [9.17, 15) is 4.79 Å². The zero-order valence-corrected chi connectivity index (χ0v) is 8.36. The third kappa shape index (κ3) is 3.05. The van der Waals surface area contributed by atoms with Gasteiger partial charge >= 0.3 is 6.09 Å². The first-order valence-corrected chi connectivity index (χ1v) is 4.58. The zero-order chi connectivity index (χ0) is 10.4. The minimum atomic E-state index is -0.411. The first-order valence-electron chi connectivity index (χ1n) is 4.58. The zero-order valence-electron chi connectivity index (χ0n) is 8.36. The van der Waals surface area contributed by atoms with E-state index in [1.807, 2.05) is 25.1 Å². The normalized spacial score (nSPS) is 11.9. The van der Waals surface area contributed by atoms with Gasteiger partial charge in [0.05, 0.1) is 18.3 Å². The van der Waals surface area contributed by atoms with Crippen LogP contribution in [0.5, 0.6) is 0 Å². The molecule has 1 N–H and O–H groups in total. The lowest BCUT2D eigenvalue weighted by Gasteiger charge is -2.12. The third-order valence-electron chi connectivity index (χ3n) is 1.74. The van der Waals surface area contributed by atoms with Gasteiger partial charge in [-0.15, -0.1) is 0 Å². The van der Waals surface area contributed by atoms with Crippen molar-refractivity contribution in [2.45, 2.75) is 19.9 Å². The molecule has 1 atom stereocenters. The fraction of sp³-hybridized carbons (Fsp3) is 0.400. The molecular formula is C10H14N2O2. The van der Waals surface area contributed by atoms with Crippen LogP contribution in [0.3, 0.4) is 0 Å². The van der Waals surface area contributed by atoms with Crippen molar-refractivity contribution in [3.63, 3.8) is 0 Å². The van der Waals surface area contributed by atoms with E-state index in [0.29, 0.717) is 6.61 Å². The second kappa shape index (κ2) is 5.21. The summed E-state index contributed by atoms with van der Waals surface area (Å²) < 4.78 is 4.76. The standard InChI is InChI=1S/C10H14N2O2/c1-3-14-10(13)12-8(2)9-6-4-5-7-11-9/h4-8H,3H2,1-2H3,(H,12,13)/t8-/m0/s1. The first-order chi connectivity index (χ1) is 6.74. The molecule has 4 nitrogen and oxygen atoms in total. The van der Waals surface area contributed by atoms with Crippen LogP contribution in [-0.2, 0) is 4.74 Å². The number of hydrogen-bond donors (Lipinski definition) is 1. The van der Waals surface area contributed by atoms with Crippen molar-refractivity contribution in [3.8, 4) is 0 Å². The molecule has 14 heavy (non-hydrogen) atoms. The highest BCUT2D eigenvalue weighted by Crippen LogP contribution is 2.07. The highest BCUT2D eigenvalue weighted by atomic mass is 16.5. The number of ether oxygens (including phenoxy) is 1. The minimum Gasteiger partial charge on any atom is -0.450 e. The van der Waals surface area contributed by atoms with Crippen molar-refractivity contribution in [3.05, 3.63) is 30.1 Å². The van der Waals surface area contributed by atoms with E-state index in [4.69, 9.17) is 4.74 Å². The van der Waals surface area contributed by atoms with Crippen LogP contribution in [0.15, 0.2) is 24.4 Å². The van der Waals surface area contributed by atoms with Gasteiger partial charge in [0.25, 0.3) is 0 Å². The van der Waals surface area contributed by atoms with Crippen LogP contribution in [0.25, 0.3) is 0 Å². The minimum absolute atomic E-state index is 0.129. The monoisotopic (exact) mass is 194 g/mol. The van der Waals surface area contributed by atoms with Crippen molar-refractivity contribution >= 4 is 6.09 Å². The Balaban J connectivity index is 2.50. The van der Waals surface area contributed by atoms with Gasteiger partial charge in [0.2, 0.25) is 0 Å². The Hall–Kier alpha value is -1.58. The average molecular weight is 194 g/mol. The molecule has 1 rings (SSSR count). The molecular weight excluding hydrogens is 180 g/mol. The van der Waals surface area contributed by atoms with Crippen molar-refractivity contribution < 1.29 is 9.53 Å². The molecule has 0 aliphatic rings. The van der Waals surface area contributed by atoms with E-state index in [0.717, 1.165) is 5.69 Å². The summed E-state index contributed by atoms with van der Waals surface area (Å²) in [5, 5.41) is 2.67. The molecule has 0 aliphatic carbocycles. The molecule has 0 spiro atoms. The van der Waals surface area contributed by atoms with Gasteiger partial charge in [0.1, 0.15) is 0 Å². The van der Waals surface area contributed by atoms with Crippen molar-refractivity contribution in [1.29, 1.82) is 0 Å². The fourth-order valence-electron chi connectivity index (χ4n) is 1.06. The summed E-state index contributed by atoms with van der Waals surface area (Å²) in [4.78, 5) is 15.2. The third-order valence-corrected chi connectivity index (χ3v) is 1.74. The topological polar surface area (TPSA) is 51.2 Å². The quantitative estimate of drug-likeness (QED) is 0.799. The number of pyridine rings is 1. The van der Waals surface area contributed by atoms with Gasteiger partial charge in [0, 0.05) is 6.20 Å². The predicted octanol–water partition coefficient (Wildman–Crippen LogP) is 1.89. The Morgan fingerprint density at radius 2 is 2.43 bits per heavy atom. The van der Waals surface area contributed by atoms with E-state index < -0.39 is 6.09 Å². The van der Waals surface area contributed by atoms with E-state index >= 15 is 0 Å². The Morgan fingerprint density at radius 1 is 1.64 bits per heavy atom. The number of carbonyl (C=O) groups is 1. The summed E-state index contributed by atoms with van der Waals surface area (Å²) in [6, 6.07) is 5.44. The summed E-state index contributed by atoms with van der Waals surface area (Å²) in [5.41, 5.74) is 0.820. The largest absolute Gasteiger partial charge is 0.450 e. The Labute approximate surface area is 83.3 Å². The lowest BCUT2D eigenvalue weighted by Crippen LogP contribution is -2.27. The molecule has 4 heteroatoms. The molecule has 1 aromatic heterocycles. The van der Waals surface area contributed by atoms with E-state index in [-0.39, 0.29) is 6.04 Å². The molecule has 1 amide bonds. The van der Waals surface area contributed by atoms with E-state index in [2.05, 4.69) is 10.3 Å². The molecule has 0 aromatic carbocycles. The second-order valence-corrected chi connectivity index (χ2v) is 2.84. The molecule has 0 radical (unpaired) electrons. The van der Waals surface area contributed by atoms with Gasteiger partial charge in [-0.1, -0.05) is 6.07 Å². The van der Waals surface area contributed by atoms with Crippen LogP contribution in [-0.4, -0.2) is 17.7 Å². The van der Waals surface area contributed by atoms with Gasteiger partial charge in [0.15, 0.2) is 0 Å². The molecule has 0 aliphatic heterocycles. The highest BCUT2D eigenvalue weighted by Gasteiger charge is 2.09. The number of nitrogens with zero attached hydrogens (tertiary/aromatic N) is 1. The van der Waals surface area contributed by atoms with Crippen molar-refractivity contribution in [2.24, 2.45) is 0 Å². The Kier molecular flexibility index (Phi) is 3.91. The summed E-state index contributed by atoms with van der Waals surface area (Å²) in [7, 11) is 0. The van der Waals surface area contributed by atoms with Crippen LogP contribution in [0.1, 0.15) is 25.6 Å². The lowest BCUT2D eigenvalue weighted by atomic mass is 10.2. The SMILES string of the molecule is CCOC(=O)N[C@@H](C)c1ccccn1. The molecule has 0 fully saturated rings. The Morgan fingerprint density at radius 3 is 3.00 bits per heavy atom. The van der Waals surface area contributed by atoms with Crippen LogP contribution < -0.4 is 5.32 Å². The number of aromatic nitrogens is 1. The number of carbonyl (C=O) groups excluding carboxylic acids is 1. The first kappa shape index (κ1) is 10.5. The van der Waals surface area contributed by atoms with Gasteiger partial charge in [-0.05, 0) is 26.0 Å². The molecule has 0 saturated heterocycles. The highest BCUT2D eigenvalue weighted by molar-refractivity contribution is 5.67. The molecule has 1 aromatic rings. The molecule has 76 valence electrons. The van der Waals surface area contributed by atoms with Crippen molar-refractivity contribution in [1.82, 2.24) is 10.3 Å². The second-order valence-electron chi connectivity index (χ2n) is 2.84. The van der Waals surface area contributed by atoms with Gasteiger partial charge < -0.3 is 10.1 Å². The molecule has 0 bridgehead atoms. The van der Waals surface area contributed by atoms with Crippen LogP contribution >= 0.6 is 0 Å². The summed E-state index contributed by atoms with van der Waals surface area (Å²) >= 11 is 0. The smallest absolute Gasteiger partial charge is 0.407 e. The van der Waals surface area contributed by atoms with Crippen molar-refractivity contribution in [2.75, 3.05) is 6.61 Å². The van der Waals surface area contributed by atoms with Crippen LogP contribution in [0.4, 0.5) is 4.79 Å². The maximum Gasteiger partial charge on any atom is 0.407 e. The maximum atomic E-state index is 11.1. The van der Waals surface area contributed by atoms with Gasteiger partial charge in [-0.25, -0.2) is 4.79 Å². The summed E-state index contributed by atoms with van der Waals surface area (Å²) in [5.74, 6) is 0. The molecule has 0 unspecified atom stereocenters. The van der Waals surface area contributed by atoms with E-state index in [1.165, 1.54) is 0 Å². The lowest BCUT2D eigenvalue weighted by molar-refractivity contribution is 0.148. The number of amides is 1. The molecule has 1 heterocycles. The predicted molar refractivity (Wildman–Crippen MR) is 52.8 cm³/mol. The van der Waals surface area contributed by atoms with Gasteiger partial charge in [-0.2, -0.15) is 0 Å². The van der Waals surface area contributed by atoms with Gasteiger partial charge in [-0.3, -0.25) is 4.98 Å².